The van der Waals surface area contributed by atoms with Crippen LogP contribution in [0.25, 0.3) is 0 Å². The van der Waals surface area contributed by atoms with Gasteiger partial charge in [-0.25, -0.2) is 0 Å². The smallest absolute Gasteiger partial charge is 0.227 e. The summed E-state index contributed by atoms with van der Waals surface area (Å²) in [5.41, 5.74) is -0.344. The van der Waals surface area contributed by atoms with E-state index in [2.05, 4.69) is 0 Å². The standard InChI is InChI=1S/C12H13ClO4/c1-12(2)9(13)4-6-10(15)8(16-3)5-7(14)11(6)17-12/h5,9H,4H2,1-3H3/t9-/m1/s1. The van der Waals surface area contributed by atoms with E-state index in [-0.39, 0.29) is 28.5 Å². The Balaban J connectivity index is 2.43. The van der Waals surface area contributed by atoms with Crippen LogP contribution in [0.3, 0.4) is 0 Å². The third-order valence-corrected chi connectivity index (χ3v) is 3.66. The van der Waals surface area contributed by atoms with Crippen LogP contribution in [0.5, 0.6) is 0 Å². The Kier molecular flexibility index (Phi) is 2.78. The number of Topliss-reactive ketones (excluding diaryl/α,β-unsaturated/α-hetero) is 1. The van der Waals surface area contributed by atoms with Gasteiger partial charge in [-0.3, -0.25) is 9.59 Å². The molecule has 0 aromatic carbocycles. The highest BCUT2D eigenvalue weighted by molar-refractivity contribution is 6.25. The number of rotatable bonds is 1. The lowest BCUT2D eigenvalue weighted by molar-refractivity contribution is -0.124. The van der Waals surface area contributed by atoms with E-state index < -0.39 is 5.60 Å². The molecule has 1 atom stereocenters. The van der Waals surface area contributed by atoms with E-state index in [1.165, 1.54) is 7.11 Å². The minimum atomic E-state index is -0.658. The van der Waals surface area contributed by atoms with Crippen LogP contribution >= 0.6 is 11.6 Å². The molecule has 0 N–H and O–H groups in total. The summed E-state index contributed by atoms with van der Waals surface area (Å²) < 4.78 is 10.4. The maximum atomic E-state index is 12.0. The molecule has 0 saturated carbocycles. The minimum Gasteiger partial charge on any atom is -0.493 e. The molecular formula is C12H13ClO4. The number of methoxy groups -OCH3 is 1. The van der Waals surface area contributed by atoms with Crippen LogP contribution in [-0.4, -0.2) is 29.7 Å². The quantitative estimate of drug-likeness (QED) is 0.530. The number of ether oxygens (including phenoxy) is 2. The van der Waals surface area contributed by atoms with Crippen LogP contribution in [0.2, 0.25) is 0 Å². The summed E-state index contributed by atoms with van der Waals surface area (Å²) in [6.45, 7) is 3.59. The first-order chi connectivity index (χ1) is 7.86. The third kappa shape index (κ3) is 1.86. The SMILES string of the molecule is COC1=CC(=O)C2=C(C[C@@H](Cl)C(C)(C)O2)C1=O. The zero-order chi connectivity index (χ0) is 12.8. The van der Waals surface area contributed by atoms with Crippen molar-refractivity contribution in [2.45, 2.75) is 31.2 Å². The normalized spacial score (nSPS) is 27.3. The van der Waals surface area contributed by atoms with E-state index in [4.69, 9.17) is 21.1 Å². The molecule has 2 rings (SSSR count). The van der Waals surface area contributed by atoms with Crippen molar-refractivity contribution in [1.82, 2.24) is 0 Å². The Hall–Kier alpha value is -1.29. The van der Waals surface area contributed by atoms with Gasteiger partial charge in [0, 0.05) is 12.5 Å². The zero-order valence-corrected chi connectivity index (χ0v) is 10.6. The molecule has 0 saturated heterocycles. The van der Waals surface area contributed by atoms with Crippen molar-refractivity contribution in [2.75, 3.05) is 7.11 Å². The highest BCUT2D eigenvalue weighted by atomic mass is 35.5. The second-order valence-corrected chi connectivity index (χ2v) is 5.12. The third-order valence-electron chi connectivity index (χ3n) is 2.98. The number of carbonyl (C=O) groups is 2. The van der Waals surface area contributed by atoms with Gasteiger partial charge in [-0.2, -0.15) is 0 Å². The maximum Gasteiger partial charge on any atom is 0.227 e. The van der Waals surface area contributed by atoms with E-state index in [9.17, 15) is 9.59 Å². The number of carbonyl (C=O) groups excluding carboxylic acids is 2. The van der Waals surface area contributed by atoms with Crippen LogP contribution in [0.1, 0.15) is 20.3 Å². The largest absolute Gasteiger partial charge is 0.493 e. The van der Waals surface area contributed by atoms with Gasteiger partial charge >= 0.3 is 0 Å². The fourth-order valence-corrected chi connectivity index (χ4v) is 2.05. The Bertz CT molecular complexity index is 459. The van der Waals surface area contributed by atoms with E-state index in [0.29, 0.717) is 12.0 Å². The summed E-state index contributed by atoms with van der Waals surface area (Å²) in [5, 5.41) is -0.353. The zero-order valence-electron chi connectivity index (χ0n) is 9.87. The van der Waals surface area contributed by atoms with E-state index in [1.54, 1.807) is 13.8 Å². The van der Waals surface area contributed by atoms with Crippen molar-refractivity contribution in [3.8, 4) is 0 Å². The molecule has 0 amide bonds. The first-order valence-electron chi connectivity index (χ1n) is 5.27. The van der Waals surface area contributed by atoms with Crippen LogP contribution in [0, 0.1) is 0 Å². The fourth-order valence-electron chi connectivity index (χ4n) is 1.85. The first-order valence-corrected chi connectivity index (χ1v) is 5.71. The van der Waals surface area contributed by atoms with Crippen molar-refractivity contribution in [3.63, 3.8) is 0 Å². The molecule has 92 valence electrons. The summed E-state index contributed by atoms with van der Waals surface area (Å²) in [6, 6.07) is 0. The van der Waals surface area contributed by atoms with Crippen LogP contribution in [0.15, 0.2) is 23.2 Å². The summed E-state index contributed by atoms with van der Waals surface area (Å²) in [7, 11) is 1.36. The average Bonchev–Trinajstić information content (AvgIpc) is 2.26. The lowest BCUT2D eigenvalue weighted by atomic mass is 9.87. The van der Waals surface area contributed by atoms with Crippen molar-refractivity contribution in [2.24, 2.45) is 0 Å². The maximum absolute atomic E-state index is 12.0. The molecule has 0 bridgehead atoms. The van der Waals surface area contributed by atoms with Gasteiger partial charge < -0.3 is 9.47 Å². The molecule has 1 aliphatic carbocycles. The lowest BCUT2D eigenvalue weighted by Crippen LogP contribution is -2.43. The van der Waals surface area contributed by atoms with Gasteiger partial charge in [0.15, 0.2) is 11.5 Å². The summed E-state index contributed by atoms with van der Waals surface area (Å²) in [4.78, 5) is 23.8. The number of halogens is 1. The fraction of sp³-hybridized carbons (Fsp3) is 0.500. The second kappa shape index (κ2) is 3.88. The van der Waals surface area contributed by atoms with Gasteiger partial charge in [0.05, 0.1) is 18.1 Å². The van der Waals surface area contributed by atoms with Gasteiger partial charge in [-0.05, 0) is 13.8 Å². The van der Waals surface area contributed by atoms with Crippen molar-refractivity contribution < 1.29 is 19.1 Å². The topological polar surface area (TPSA) is 52.6 Å². The van der Waals surface area contributed by atoms with Gasteiger partial charge in [0.25, 0.3) is 0 Å². The molecule has 0 spiro atoms. The molecule has 0 unspecified atom stereocenters. The van der Waals surface area contributed by atoms with E-state index >= 15 is 0 Å². The number of alkyl halides is 1. The Morgan fingerprint density at radius 3 is 2.71 bits per heavy atom. The highest BCUT2D eigenvalue weighted by Crippen LogP contribution is 2.38. The van der Waals surface area contributed by atoms with Crippen LogP contribution in [0.4, 0.5) is 0 Å². The van der Waals surface area contributed by atoms with Gasteiger partial charge in [-0.15, -0.1) is 11.6 Å². The van der Waals surface area contributed by atoms with Gasteiger partial charge in [0.1, 0.15) is 5.60 Å². The van der Waals surface area contributed by atoms with Gasteiger partial charge in [0.2, 0.25) is 11.6 Å². The molecule has 0 aromatic rings. The van der Waals surface area contributed by atoms with Crippen molar-refractivity contribution in [1.29, 1.82) is 0 Å². The predicted molar refractivity (Wildman–Crippen MR) is 61.6 cm³/mol. The second-order valence-electron chi connectivity index (χ2n) is 4.59. The average molecular weight is 257 g/mol. The van der Waals surface area contributed by atoms with Crippen LogP contribution in [-0.2, 0) is 19.1 Å². The molecule has 0 aromatic heterocycles. The molecule has 1 aliphatic heterocycles. The van der Waals surface area contributed by atoms with Crippen molar-refractivity contribution in [3.05, 3.63) is 23.2 Å². The monoisotopic (exact) mass is 256 g/mol. The molecule has 0 radical (unpaired) electrons. The summed E-state index contributed by atoms with van der Waals surface area (Å²) in [6.07, 6.45) is 1.47. The number of allylic oxidation sites excluding steroid dienone is 2. The molecule has 4 nitrogen and oxygen atoms in total. The Morgan fingerprint density at radius 1 is 1.47 bits per heavy atom. The summed E-state index contributed by atoms with van der Waals surface area (Å²) in [5.74, 6) is -0.505. The molecule has 2 aliphatic rings. The Morgan fingerprint density at radius 2 is 2.12 bits per heavy atom. The highest BCUT2D eigenvalue weighted by Gasteiger charge is 2.43. The minimum absolute atomic E-state index is 0.0425. The molecule has 17 heavy (non-hydrogen) atoms. The molecule has 1 heterocycles. The number of hydrogen-bond acceptors (Lipinski definition) is 4. The van der Waals surface area contributed by atoms with E-state index in [0.717, 1.165) is 6.08 Å². The predicted octanol–water partition coefficient (Wildman–Crippen LogP) is 1.73. The van der Waals surface area contributed by atoms with Gasteiger partial charge in [-0.1, -0.05) is 0 Å². The van der Waals surface area contributed by atoms with Crippen molar-refractivity contribution >= 4 is 23.2 Å². The molecule has 5 heteroatoms. The van der Waals surface area contributed by atoms with Crippen LogP contribution < -0.4 is 0 Å². The molecular weight excluding hydrogens is 244 g/mol. The van der Waals surface area contributed by atoms with E-state index in [1.807, 2.05) is 0 Å². The molecule has 0 fully saturated rings. The Labute approximate surface area is 104 Å². The number of ketones is 2. The summed E-state index contributed by atoms with van der Waals surface area (Å²) >= 11 is 6.15. The number of hydrogen-bond donors (Lipinski definition) is 0. The first kappa shape index (κ1) is 12.2. The lowest BCUT2D eigenvalue weighted by Gasteiger charge is -2.38.